The molecule has 1 aromatic heterocycles. The standard InChI is InChI=1S/C11H6BrFN2O5S/c12-6-1-8(15(18)19)9(2-7(6)13)20-3-5-4-21-10(14-5)11(16)17/h1-2,4H,3H2,(H,16,17). The molecular weight excluding hydrogens is 371 g/mol. The van der Waals surface area contributed by atoms with Gasteiger partial charge in [-0.1, -0.05) is 0 Å². The summed E-state index contributed by atoms with van der Waals surface area (Å²) < 4.78 is 18.5. The molecule has 110 valence electrons. The number of nitrogens with zero attached hydrogens (tertiary/aromatic N) is 2. The third kappa shape index (κ3) is 3.52. The van der Waals surface area contributed by atoms with Crippen LogP contribution in [0.5, 0.6) is 5.75 Å². The van der Waals surface area contributed by atoms with Crippen molar-refractivity contribution in [1.29, 1.82) is 0 Å². The molecule has 0 fully saturated rings. The molecule has 1 heterocycles. The smallest absolute Gasteiger partial charge is 0.365 e. The minimum atomic E-state index is -1.17. The highest BCUT2D eigenvalue weighted by molar-refractivity contribution is 9.10. The van der Waals surface area contributed by atoms with E-state index < -0.39 is 22.4 Å². The number of ether oxygens (including phenoxy) is 1. The number of benzene rings is 1. The number of carboxylic acid groups (broad SMARTS) is 1. The first-order valence-corrected chi connectivity index (χ1v) is 6.99. The predicted molar refractivity (Wildman–Crippen MR) is 74.2 cm³/mol. The number of hydrogen-bond acceptors (Lipinski definition) is 6. The molecule has 0 amide bonds. The Kier molecular flexibility index (Phi) is 4.48. The summed E-state index contributed by atoms with van der Waals surface area (Å²) in [6.07, 6.45) is 0. The van der Waals surface area contributed by atoms with Crippen molar-refractivity contribution in [2.75, 3.05) is 0 Å². The molecule has 10 heteroatoms. The molecule has 0 aliphatic heterocycles. The van der Waals surface area contributed by atoms with Crippen LogP contribution in [-0.4, -0.2) is 21.0 Å². The molecule has 1 aromatic carbocycles. The molecule has 0 spiro atoms. The van der Waals surface area contributed by atoms with Gasteiger partial charge in [-0.3, -0.25) is 10.1 Å². The van der Waals surface area contributed by atoms with Crippen LogP contribution in [0.2, 0.25) is 0 Å². The number of nitro groups is 1. The van der Waals surface area contributed by atoms with E-state index in [4.69, 9.17) is 9.84 Å². The largest absolute Gasteiger partial charge is 0.480 e. The average molecular weight is 377 g/mol. The van der Waals surface area contributed by atoms with E-state index in [1.165, 1.54) is 5.38 Å². The third-order valence-electron chi connectivity index (χ3n) is 2.31. The van der Waals surface area contributed by atoms with Crippen molar-refractivity contribution in [2.45, 2.75) is 6.61 Å². The Balaban J connectivity index is 2.20. The number of aromatic nitrogens is 1. The van der Waals surface area contributed by atoms with Crippen LogP contribution in [0.1, 0.15) is 15.5 Å². The summed E-state index contributed by atoms with van der Waals surface area (Å²) in [4.78, 5) is 24.6. The van der Waals surface area contributed by atoms with E-state index in [9.17, 15) is 19.3 Å². The molecule has 0 bridgehead atoms. The van der Waals surface area contributed by atoms with Crippen LogP contribution in [0.25, 0.3) is 0 Å². The van der Waals surface area contributed by atoms with Gasteiger partial charge in [0.15, 0.2) is 0 Å². The first-order valence-electron chi connectivity index (χ1n) is 5.32. The summed E-state index contributed by atoms with van der Waals surface area (Å²) in [5.74, 6) is -2.14. The summed E-state index contributed by atoms with van der Waals surface area (Å²) in [5, 5.41) is 20.9. The number of nitro benzene ring substituents is 1. The average Bonchev–Trinajstić information content (AvgIpc) is 2.88. The molecule has 0 saturated carbocycles. The number of carbonyl (C=O) groups is 1. The number of halogens is 2. The lowest BCUT2D eigenvalue weighted by molar-refractivity contribution is -0.386. The van der Waals surface area contributed by atoms with E-state index in [0.717, 1.165) is 23.5 Å². The molecule has 0 aliphatic rings. The first-order chi connectivity index (χ1) is 9.88. The van der Waals surface area contributed by atoms with Crippen molar-refractivity contribution in [3.63, 3.8) is 0 Å². The Morgan fingerprint density at radius 3 is 2.86 bits per heavy atom. The minimum absolute atomic E-state index is 0.0524. The van der Waals surface area contributed by atoms with Gasteiger partial charge in [0, 0.05) is 17.5 Å². The highest BCUT2D eigenvalue weighted by atomic mass is 79.9. The van der Waals surface area contributed by atoms with Gasteiger partial charge in [0.2, 0.25) is 10.8 Å². The van der Waals surface area contributed by atoms with E-state index in [1.807, 2.05) is 0 Å². The molecule has 21 heavy (non-hydrogen) atoms. The Morgan fingerprint density at radius 2 is 2.29 bits per heavy atom. The SMILES string of the molecule is O=C(O)c1nc(COc2cc(F)c(Br)cc2[N+](=O)[O-])cs1. The van der Waals surface area contributed by atoms with Crippen molar-refractivity contribution in [3.8, 4) is 5.75 Å². The van der Waals surface area contributed by atoms with Crippen molar-refractivity contribution < 1.29 is 24.0 Å². The van der Waals surface area contributed by atoms with Gasteiger partial charge in [-0.15, -0.1) is 11.3 Å². The lowest BCUT2D eigenvalue weighted by Gasteiger charge is -2.06. The Labute approximate surface area is 129 Å². The van der Waals surface area contributed by atoms with Gasteiger partial charge in [0.25, 0.3) is 0 Å². The Hall–Kier alpha value is -2.07. The number of carboxylic acids is 1. The highest BCUT2D eigenvalue weighted by Crippen LogP contribution is 2.33. The monoisotopic (exact) mass is 376 g/mol. The quantitative estimate of drug-likeness (QED) is 0.634. The zero-order valence-corrected chi connectivity index (χ0v) is 12.5. The van der Waals surface area contributed by atoms with Crippen molar-refractivity contribution in [3.05, 3.63) is 48.6 Å². The second kappa shape index (κ2) is 6.14. The summed E-state index contributed by atoms with van der Waals surface area (Å²) in [7, 11) is 0. The molecule has 2 rings (SSSR count). The van der Waals surface area contributed by atoms with E-state index >= 15 is 0 Å². The first kappa shape index (κ1) is 15.3. The molecule has 0 aliphatic carbocycles. The molecule has 0 atom stereocenters. The topological polar surface area (TPSA) is 103 Å². The summed E-state index contributed by atoms with van der Waals surface area (Å²) in [6, 6.07) is 1.88. The van der Waals surface area contributed by atoms with Crippen LogP contribution < -0.4 is 4.74 Å². The third-order valence-corrected chi connectivity index (χ3v) is 3.80. The number of thiazole rings is 1. The zero-order valence-electron chi connectivity index (χ0n) is 10.1. The van der Waals surface area contributed by atoms with E-state index in [2.05, 4.69) is 20.9 Å². The van der Waals surface area contributed by atoms with Crippen molar-refractivity contribution >= 4 is 38.9 Å². The molecule has 0 saturated heterocycles. The van der Waals surface area contributed by atoms with Crippen LogP contribution >= 0.6 is 27.3 Å². The van der Waals surface area contributed by atoms with Crippen LogP contribution in [0, 0.1) is 15.9 Å². The normalized spacial score (nSPS) is 10.4. The molecule has 7 nitrogen and oxygen atoms in total. The summed E-state index contributed by atoms with van der Waals surface area (Å²) >= 11 is 3.76. The maximum atomic E-state index is 13.4. The fourth-order valence-electron chi connectivity index (χ4n) is 1.40. The van der Waals surface area contributed by atoms with Gasteiger partial charge in [0.1, 0.15) is 12.4 Å². The summed E-state index contributed by atoms with van der Waals surface area (Å²) in [6.45, 7) is -0.203. The van der Waals surface area contributed by atoms with Gasteiger partial charge < -0.3 is 9.84 Å². The zero-order chi connectivity index (χ0) is 15.6. The van der Waals surface area contributed by atoms with E-state index in [1.54, 1.807) is 0 Å². The lowest BCUT2D eigenvalue weighted by Crippen LogP contribution is -2.02. The number of aromatic carboxylic acids is 1. The molecular formula is C11H6BrFN2O5S. The molecule has 0 radical (unpaired) electrons. The van der Waals surface area contributed by atoms with Crippen molar-refractivity contribution in [1.82, 2.24) is 4.98 Å². The van der Waals surface area contributed by atoms with Gasteiger partial charge in [0.05, 0.1) is 15.1 Å². The Morgan fingerprint density at radius 1 is 1.57 bits per heavy atom. The van der Waals surface area contributed by atoms with Gasteiger partial charge >= 0.3 is 11.7 Å². The predicted octanol–water partition coefficient (Wildman–Crippen LogP) is 3.23. The lowest BCUT2D eigenvalue weighted by atomic mass is 10.3. The van der Waals surface area contributed by atoms with E-state index in [-0.39, 0.29) is 27.5 Å². The van der Waals surface area contributed by atoms with Gasteiger partial charge in [-0.2, -0.15) is 0 Å². The molecule has 1 N–H and O–H groups in total. The second-order valence-electron chi connectivity index (χ2n) is 3.73. The number of hydrogen-bond donors (Lipinski definition) is 1. The Bertz CT molecular complexity index is 721. The van der Waals surface area contributed by atoms with Crippen LogP contribution in [0.3, 0.4) is 0 Å². The maximum absolute atomic E-state index is 13.4. The van der Waals surface area contributed by atoms with Crippen LogP contribution in [0.15, 0.2) is 22.0 Å². The highest BCUT2D eigenvalue weighted by Gasteiger charge is 2.19. The minimum Gasteiger partial charge on any atom is -0.480 e. The second-order valence-corrected chi connectivity index (χ2v) is 5.44. The maximum Gasteiger partial charge on any atom is 0.365 e. The van der Waals surface area contributed by atoms with Gasteiger partial charge in [-0.25, -0.2) is 14.2 Å². The van der Waals surface area contributed by atoms with Crippen LogP contribution in [-0.2, 0) is 6.61 Å². The summed E-state index contributed by atoms with van der Waals surface area (Å²) in [5.41, 5.74) is -0.119. The fraction of sp³-hybridized carbons (Fsp3) is 0.0909. The van der Waals surface area contributed by atoms with Gasteiger partial charge in [-0.05, 0) is 15.9 Å². The number of rotatable bonds is 5. The van der Waals surface area contributed by atoms with Crippen LogP contribution in [0.4, 0.5) is 10.1 Å². The van der Waals surface area contributed by atoms with E-state index in [0.29, 0.717) is 0 Å². The molecule has 2 aromatic rings. The fourth-order valence-corrected chi connectivity index (χ4v) is 2.37. The van der Waals surface area contributed by atoms with Crippen molar-refractivity contribution in [2.24, 2.45) is 0 Å². The molecule has 0 unspecified atom stereocenters.